The molecule has 4 atom stereocenters. The first-order valence-corrected chi connectivity index (χ1v) is 14.2. The number of aliphatic hydroxyl groups excluding tert-OH is 1. The zero-order valence-electron chi connectivity index (χ0n) is 23.0. The largest absolute Gasteiger partial charge is 0.460 e. The van der Waals surface area contributed by atoms with E-state index in [9.17, 15) is 15.0 Å². The SMILES string of the molecule is CC(C)(O)[C@@H]1CC[C@@](CO)(C(=O)O[C@H]2CCCC[C@@H]2C(c2ccccc2)(c2ccccc2)c2ccccc2)O1. The standard InChI is InChI=1S/C34H40O5/c1-32(2,37)30-22-23-33(24-35,39-30)31(36)38-29-21-13-12-20-28(29)34(25-14-6-3-7-15-25,26-16-8-4-9-17-26)27-18-10-5-11-19-27/h3-11,14-19,28-30,35,37H,12-13,20-24H2,1-2H3/t28-,29-,30-,33+/m0/s1. The number of aliphatic hydroxyl groups is 2. The summed E-state index contributed by atoms with van der Waals surface area (Å²) < 4.78 is 12.5. The van der Waals surface area contributed by atoms with Gasteiger partial charge in [-0.05, 0) is 62.6 Å². The average Bonchev–Trinajstić information content (AvgIpc) is 3.43. The second kappa shape index (κ2) is 11.2. The third-order valence-electron chi connectivity index (χ3n) is 8.80. The fourth-order valence-electron chi connectivity index (χ4n) is 6.81. The maximum Gasteiger partial charge on any atom is 0.341 e. The van der Waals surface area contributed by atoms with Gasteiger partial charge in [-0.3, -0.25) is 0 Å². The number of carbonyl (C=O) groups is 1. The summed E-state index contributed by atoms with van der Waals surface area (Å²) >= 11 is 0. The normalized spacial score (nSPS) is 25.8. The Kier molecular flexibility index (Phi) is 7.95. The Morgan fingerprint density at radius 1 is 0.846 bits per heavy atom. The van der Waals surface area contributed by atoms with Crippen molar-refractivity contribution in [3.8, 4) is 0 Å². The Morgan fingerprint density at radius 3 is 1.77 bits per heavy atom. The summed E-state index contributed by atoms with van der Waals surface area (Å²) in [6, 6.07) is 31.6. The van der Waals surface area contributed by atoms with Crippen LogP contribution in [0.4, 0.5) is 0 Å². The summed E-state index contributed by atoms with van der Waals surface area (Å²) in [5.41, 5.74) is 0.354. The fourth-order valence-corrected chi connectivity index (χ4v) is 6.81. The Morgan fingerprint density at radius 2 is 1.33 bits per heavy atom. The molecule has 206 valence electrons. The zero-order chi connectivity index (χ0) is 27.5. The van der Waals surface area contributed by atoms with E-state index in [1.807, 2.05) is 18.2 Å². The first kappa shape index (κ1) is 27.6. The van der Waals surface area contributed by atoms with Gasteiger partial charge in [0.25, 0.3) is 0 Å². The minimum atomic E-state index is -1.46. The van der Waals surface area contributed by atoms with Crippen molar-refractivity contribution < 1.29 is 24.5 Å². The summed E-state index contributed by atoms with van der Waals surface area (Å²) in [6.07, 6.45) is 3.50. The van der Waals surface area contributed by atoms with Gasteiger partial charge in [0.1, 0.15) is 6.10 Å². The number of carbonyl (C=O) groups excluding carboxylic acids is 1. The first-order chi connectivity index (χ1) is 18.8. The molecule has 1 saturated carbocycles. The monoisotopic (exact) mass is 528 g/mol. The highest BCUT2D eigenvalue weighted by Crippen LogP contribution is 2.51. The second-order valence-corrected chi connectivity index (χ2v) is 11.7. The Hall–Kier alpha value is -2.99. The molecular weight excluding hydrogens is 488 g/mol. The van der Waals surface area contributed by atoms with Crippen molar-refractivity contribution in [2.45, 2.75) is 81.2 Å². The van der Waals surface area contributed by atoms with Crippen LogP contribution in [0.3, 0.4) is 0 Å². The molecule has 2 aliphatic rings. The molecule has 3 aromatic rings. The molecule has 3 aromatic carbocycles. The third-order valence-corrected chi connectivity index (χ3v) is 8.80. The van der Waals surface area contributed by atoms with Crippen molar-refractivity contribution in [1.29, 1.82) is 0 Å². The fraction of sp³-hybridized carbons (Fsp3) is 0.441. The molecule has 1 aliphatic carbocycles. The Labute approximate surface area is 231 Å². The van der Waals surface area contributed by atoms with E-state index in [0.29, 0.717) is 12.8 Å². The van der Waals surface area contributed by atoms with Crippen molar-refractivity contribution in [2.24, 2.45) is 5.92 Å². The van der Waals surface area contributed by atoms with Crippen LogP contribution in [0.2, 0.25) is 0 Å². The van der Waals surface area contributed by atoms with Crippen LogP contribution < -0.4 is 0 Å². The van der Waals surface area contributed by atoms with Gasteiger partial charge < -0.3 is 19.7 Å². The summed E-state index contributed by atoms with van der Waals surface area (Å²) in [7, 11) is 0. The van der Waals surface area contributed by atoms with Gasteiger partial charge in [0.15, 0.2) is 5.60 Å². The molecule has 1 saturated heterocycles. The van der Waals surface area contributed by atoms with Gasteiger partial charge >= 0.3 is 5.97 Å². The lowest BCUT2D eigenvalue weighted by molar-refractivity contribution is -0.195. The number of ether oxygens (including phenoxy) is 2. The van der Waals surface area contributed by atoms with Crippen molar-refractivity contribution in [3.63, 3.8) is 0 Å². The van der Waals surface area contributed by atoms with Crippen molar-refractivity contribution >= 4 is 5.97 Å². The van der Waals surface area contributed by atoms with Gasteiger partial charge in [-0.15, -0.1) is 0 Å². The second-order valence-electron chi connectivity index (χ2n) is 11.7. The summed E-state index contributed by atoms with van der Waals surface area (Å²) in [6.45, 7) is 2.86. The third kappa shape index (κ3) is 5.16. The van der Waals surface area contributed by atoms with Crippen LogP contribution in [0.1, 0.15) is 69.1 Å². The van der Waals surface area contributed by atoms with Crippen LogP contribution in [0, 0.1) is 5.92 Å². The predicted octanol–water partition coefficient (Wildman–Crippen LogP) is 5.80. The van der Waals surface area contributed by atoms with Crippen molar-refractivity contribution in [2.75, 3.05) is 6.61 Å². The predicted molar refractivity (Wildman–Crippen MR) is 151 cm³/mol. The van der Waals surface area contributed by atoms with Gasteiger partial charge in [-0.2, -0.15) is 0 Å². The van der Waals surface area contributed by atoms with Gasteiger partial charge in [-0.1, -0.05) is 97.4 Å². The van der Waals surface area contributed by atoms with Gasteiger partial charge in [0.05, 0.1) is 23.7 Å². The number of hydrogen-bond acceptors (Lipinski definition) is 5. The minimum Gasteiger partial charge on any atom is -0.460 e. The molecule has 1 aliphatic heterocycles. The molecule has 0 spiro atoms. The highest BCUT2D eigenvalue weighted by molar-refractivity contribution is 5.80. The lowest BCUT2D eigenvalue weighted by Crippen LogP contribution is -2.51. The molecule has 0 unspecified atom stereocenters. The molecule has 2 fully saturated rings. The molecule has 1 heterocycles. The number of hydrogen-bond donors (Lipinski definition) is 2. The Balaban J connectivity index is 1.59. The minimum absolute atomic E-state index is 0.0374. The highest BCUT2D eigenvalue weighted by atomic mass is 16.6. The first-order valence-electron chi connectivity index (χ1n) is 14.2. The van der Waals surface area contributed by atoms with E-state index in [2.05, 4.69) is 72.8 Å². The van der Waals surface area contributed by atoms with E-state index in [-0.39, 0.29) is 12.0 Å². The zero-order valence-corrected chi connectivity index (χ0v) is 23.0. The molecular formula is C34H40O5. The van der Waals surface area contributed by atoms with Crippen LogP contribution >= 0.6 is 0 Å². The van der Waals surface area contributed by atoms with Crippen LogP contribution in [0.25, 0.3) is 0 Å². The van der Waals surface area contributed by atoms with E-state index in [4.69, 9.17) is 9.47 Å². The smallest absolute Gasteiger partial charge is 0.341 e. The van der Waals surface area contributed by atoms with Crippen LogP contribution in [-0.2, 0) is 19.7 Å². The topological polar surface area (TPSA) is 76.0 Å². The van der Waals surface area contributed by atoms with Crippen LogP contribution in [-0.4, -0.2) is 46.2 Å². The number of rotatable bonds is 8. The average molecular weight is 529 g/mol. The summed E-state index contributed by atoms with van der Waals surface area (Å²) in [4.78, 5) is 13.8. The van der Waals surface area contributed by atoms with E-state index < -0.39 is 35.3 Å². The lowest BCUT2D eigenvalue weighted by atomic mass is 9.57. The molecule has 5 rings (SSSR count). The summed E-state index contributed by atoms with van der Waals surface area (Å²) in [5, 5.41) is 20.9. The quantitative estimate of drug-likeness (QED) is 0.285. The molecule has 2 N–H and O–H groups in total. The van der Waals surface area contributed by atoms with Crippen LogP contribution in [0.15, 0.2) is 91.0 Å². The van der Waals surface area contributed by atoms with Crippen molar-refractivity contribution in [1.82, 2.24) is 0 Å². The maximum absolute atomic E-state index is 13.8. The molecule has 0 radical (unpaired) electrons. The van der Waals surface area contributed by atoms with Gasteiger partial charge in [0, 0.05) is 5.92 Å². The van der Waals surface area contributed by atoms with Crippen LogP contribution in [0.5, 0.6) is 0 Å². The molecule has 0 bridgehead atoms. The van der Waals surface area contributed by atoms with E-state index in [1.165, 1.54) is 0 Å². The molecule has 0 amide bonds. The summed E-state index contributed by atoms with van der Waals surface area (Å²) in [5.74, 6) is -0.568. The van der Waals surface area contributed by atoms with E-state index in [0.717, 1.165) is 42.4 Å². The van der Waals surface area contributed by atoms with Gasteiger partial charge in [-0.25, -0.2) is 4.79 Å². The Bertz CT molecular complexity index is 1120. The van der Waals surface area contributed by atoms with E-state index >= 15 is 0 Å². The van der Waals surface area contributed by atoms with Gasteiger partial charge in [0.2, 0.25) is 0 Å². The maximum atomic E-state index is 13.8. The number of benzene rings is 3. The lowest BCUT2D eigenvalue weighted by Gasteiger charge is -2.48. The highest BCUT2D eigenvalue weighted by Gasteiger charge is 2.54. The van der Waals surface area contributed by atoms with E-state index in [1.54, 1.807) is 13.8 Å². The molecule has 5 heteroatoms. The molecule has 39 heavy (non-hydrogen) atoms. The van der Waals surface area contributed by atoms with Crippen molar-refractivity contribution in [3.05, 3.63) is 108 Å². The molecule has 5 nitrogen and oxygen atoms in total. The molecule has 0 aromatic heterocycles. The number of esters is 1.